The first-order valence-electron chi connectivity index (χ1n) is 9.52. The smallest absolute Gasteiger partial charge is 0.258 e. The lowest BCUT2D eigenvalue weighted by molar-refractivity contribution is 0.373. The van der Waals surface area contributed by atoms with Gasteiger partial charge in [-0.2, -0.15) is 4.98 Å². The summed E-state index contributed by atoms with van der Waals surface area (Å²) in [4.78, 5) is 8.94. The second kappa shape index (κ2) is 7.77. The van der Waals surface area contributed by atoms with E-state index in [9.17, 15) is 5.11 Å². The van der Waals surface area contributed by atoms with Crippen LogP contribution in [-0.4, -0.2) is 31.9 Å². The van der Waals surface area contributed by atoms with Gasteiger partial charge in [0.2, 0.25) is 5.82 Å². The van der Waals surface area contributed by atoms with Crippen molar-refractivity contribution >= 4 is 22.6 Å². The SMILES string of the molecule is COc1cc(-c2nc(-c3cccc(Cn4cnc5ccccc54)c3)no2)cc(Cl)c1O. The number of rotatable bonds is 5. The summed E-state index contributed by atoms with van der Waals surface area (Å²) in [5.74, 6) is 0.834. The molecule has 0 atom stereocenters. The van der Waals surface area contributed by atoms with Crippen LogP contribution in [0.25, 0.3) is 33.9 Å². The zero-order valence-electron chi connectivity index (χ0n) is 16.5. The van der Waals surface area contributed by atoms with E-state index in [-0.39, 0.29) is 22.4 Å². The van der Waals surface area contributed by atoms with Gasteiger partial charge in [0, 0.05) is 17.7 Å². The van der Waals surface area contributed by atoms with Gasteiger partial charge in [-0.05, 0) is 35.9 Å². The van der Waals surface area contributed by atoms with Gasteiger partial charge in [0.05, 0.1) is 29.5 Å². The maximum atomic E-state index is 9.92. The summed E-state index contributed by atoms with van der Waals surface area (Å²) >= 11 is 6.07. The molecule has 0 aliphatic rings. The highest BCUT2D eigenvalue weighted by Crippen LogP contribution is 2.38. The Labute approximate surface area is 182 Å². The highest BCUT2D eigenvalue weighted by atomic mass is 35.5. The van der Waals surface area contributed by atoms with Crippen LogP contribution in [0, 0.1) is 0 Å². The largest absolute Gasteiger partial charge is 0.503 e. The van der Waals surface area contributed by atoms with Crippen LogP contribution in [0.1, 0.15) is 5.56 Å². The van der Waals surface area contributed by atoms with E-state index in [4.69, 9.17) is 20.9 Å². The number of hydrogen-bond donors (Lipinski definition) is 1. The van der Waals surface area contributed by atoms with Crippen molar-refractivity contribution in [2.24, 2.45) is 0 Å². The number of ether oxygens (including phenoxy) is 1. The van der Waals surface area contributed by atoms with E-state index in [1.165, 1.54) is 7.11 Å². The summed E-state index contributed by atoms with van der Waals surface area (Å²) in [7, 11) is 1.45. The third kappa shape index (κ3) is 3.60. The van der Waals surface area contributed by atoms with Crippen LogP contribution in [0.3, 0.4) is 0 Å². The highest BCUT2D eigenvalue weighted by molar-refractivity contribution is 6.32. The molecule has 0 spiro atoms. The highest BCUT2D eigenvalue weighted by Gasteiger charge is 2.16. The summed E-state index contributed by atoms with van der Waals surface area (Å²) in [5.41, 5.74) is 4.51. The lowest BCUT2D eigenvalue weighted by Crippen LogP contribution is -1.98. The van der Waals surface area contributed by atoms with E-state index in [0.29, 0.717) is 17.9 Å². The van der Waals surface area contributed by atoms with Crippen molar-refractivity contribution in [3.8, 4) is 34.3 Å². The fourth-order valence-electron chi connectivity index (χ4n) is 3.45. The molecule has 2 aromatic heterocycles. The molecule has 0 aliphatic carbocycles. The van der Waals surface area contributed by atoms with Crippen molar-refractivity contribution in [1.29, 1.82) is 0 Å². The molecule has 0 unspecified atom stereocenters. The number of fused-ring (bicyclic) bond motifs is 1. The second-order valence-corrected chi connectivity index (χ2v) is 7.40. The third-order valence-corrected chi connectivity index (χ3v) is 5.27. The maximum Gasteiger partial charge on any atom is 0.258 e. The number of benzene rings is 3. The van der Waals surface area contributed by atoms with E-state index in [0.717, 1.165) is 22.2 Å². The summed E-state index contributed by atoms with van der Waals surface area (Å²) in [5, 5.41) is 14.2. The number of phenols is 1. The molecule has 5 rings (SSSR count). The van der Waals surface area contributed by atoms with Crippen LogP contribution in [0.4, 0.5) is 0 Å². The van der Waals surface area contributed by atoms with Crippen LogP contribution in [0.5, 0.6) is 11.5 Å². The number of nitrogens with zero attached hydrogens (tertiary/aromatic N) is 4. The fraction of sp³-hybridized carbons (Fsp3) is 0.0870. The van der Waals surface area contributed by atoms with Crippen LogP contribution in [0.2, 0.25) is 5.02 Å². The molecule has 0 radical (unpaired) electrons. The summed E-state index contributed by atoms with van der Waals surface area (Å²) in [6, 6.07) is 19.1. The molecule has 2 heterocycles. The number of methoxy groups -OCH3 is 1. The molecular formula is C23H17ClN4O3. The number of hydrogen-bond acceptors (Lipinski definition) is 6. The number of halogens is 1. The van der Waals surface area contributed by atoms with Gasteiger partial charge in [0.1, 0.15) is 0 Å². The average molecular weight is 433 g/mol. The topological polar surface area (TPSA) is 86.2 Å². The van der Waals surface area contributed by atoms with E-state index in [1.807, 2.05) is 48.8 Å². The molecule has 0 saturated carbocycles. The van der Waals surface area contributed by atoms with Gasteiger partial charge in [0.15, 0.2) is 11.5 Å². The third-order valence-electron chi connectivity index (χ3n) is 4.99. The predicted molar refractivity (Wildman–Crippen MR) is 117 cm³/mol. The minimum absolute atomic E-state index is 0.132. The Bertz CT molecular complexity index is 1390. The molecule has 0 saturated heterocycles. The summed E-state index contributed by atoms with van der Waals surface area (Å²) < 4.78 is 12.7. The van der Waals surface area contributed by atoms with Crippen LogP contribution in [-0.2, 0) is 6.54 Å². The zero-order chi connectivity index (χ0) is 21.4. The first kappa shape index (κ1) is 19.1. The van der Waals surface area contributed by atoms with E-state index >= 15 is 0 Å². The van der Waals surface area contributed by atoms with Crippen LogP contribution < -0.4 is 4.74 Å². The lowest BCUT2D eigenvalue weighted by atomic mass is 10.1. The molecule has 31 heavy (non-hydrogen) atoms. The molecule has 0 amide bonds. The monoisotopic (exact) mass is 432 g/mol. The van der Waals surface area contributed by atoms with Crippen LogP contribution >= 0.6 is 11.6 Å². The minimum Gasteiger partial charge on any atom is -0.503 e. The first-order valence-corrected chi connectivity index (χ1v) is 9.90. The summed E-state index contributed by atoms with van der Waals surface area (Å²) in [6.45, 7) is 0.670. The molecule has 1 N–H and O–H groups in total. The molecule has 7 nitrogen and oxygen atoms in total. The molecule has 3 aromatic carbocycles. The number of para-hydroxylation sites is 2. The molecule has 0 bridgehead atoms. The number of phenolic OH excluding ortho intramolecular Hbond substituents is 1. The second-order valence-electron chi connectivity index (χ2n) is 6.99. The molecule has 0 aliphatic heterocycles. The number of imidazole rings is 1. The molecular weight excluding hydrogens is 416 g/mol. The van der Waals surface area contributed by atoms with Gasteiger partial charge in [0.25, 0.3) is 5.89 Å². The number of aromatic hydroxyl groups is 1. The number of aromatic nitrogens is 4. The first-order chi connectivity index (χ1) is 15.1. The maximum absolute atomic E-state index is 9.92. The Hall–Kier alpha value is -3.84. The molecule has 8 heteroatoms. The van der Waals surface area contributed by atoms with E-state index in [1.54, 1.807) is 12.1 Å². The van der Waals surface area contributed by atoms with E-state index < -0.39 is 0 Å². The van der Waals surface area contributed by atoms with Gasteiger partial charge in [-0.1, -0.05) is 47.1 Å². The minimum atomic E-state index is -0.132. The van der Waals surface area contributed by atoms with Gasteiger partial charge in [-0.3, -0.25) is 0 Å². The van der Waals surface area contributed by atoms with Crippen molar-refractivity contribution < 1.29 is 14.4 Å². The van der Waals surface area contributed by atoms with Gasteiger partial charge in [-0.15, -0.1) is 0 Å². The van der Waals surface area contributed by atoms with Crippen LogP contribution in [0.15, 0.2) is 71.5 Å². The summed E-state index contributed by atoms with van der Waals surface area (Å²) in [6.07, 6.45) is 1.84. The van der Waals surface area contributed by atoms with Crippen molar-refractivity contribution in [2.45, 2.75) is 6.54 Å². The normalized spacial score (nSPS) is 11.2. The predicted octanol–water partition coefficient (Wildman–Crippen LogP) is 5.17. The Kier molecular flexibility index (Phi) is 4.80. The Morgan fingerprint density at radius 1 is 1.06 bits per heavy atom. The zero-order valence-corrected chi connectivity index (χ0v) is 17.2. The van der Waals surface area contributed by atoms with E-state index in [2.05, 4.69) is 25.8 Å². The Morgan fingerprint density at radius 3 is 2.81 bits per heavy atom. The molecule has 154 valence electrons. The molecule has 5 aromatic rings. The van der Waals surface area contributed by atoms with Crippen molar-refractivity contribution in [1.82, 2.24) is 19.7 Å². The lowest BCUT2D eigenvalue weighted by Gasteiger charge is -2.06. The van der Waals surface area contributed by atoms with Crippen molar-refractivity contribution in [2.75, 3.05) is 7.11 Å². The standard InChI is InChI=1S/C23H17ClN4O3/c1-30-20-11-16(10-17(24)21(20)29)23-26-22(27-31-23)15-6-4-5-14(9-15)12-28-13-25-18-7-2-3-8-19(18)28/h2-11,13,29H,12H2,1H3. The van der Waals surface area contributed by atoms with Crippen molar-refractivity contribution in [3.63, 3.8) is 0 Å². The van der Waals surface area contributed by atoms with Crippen molar-refractivity contribution in [3.05, 3.63) is 77.6 Å². The Balaban J connectivity index is 1.45. The van der Waals surface area contributed by atoms with Gasteiger partial charge < -0.3 is 18.9 Å². The Morgan fingerprint density at radius 2 is 1.94 bits per heavy atom. The quantitative estimate of drug-likeness (QED) is 0.412. The van der Waals surface area contributed by atoms with Gasteiger partial charge >= 0.3 is 0 Å². The average Bonchev–Trinajstić information content (AvgIpc) is 3.44. The fourth-order valence-corrected chi connectivity index (χ4v) is 3.66. The van der Waals surface area contributed by atoms with Gasteiger partial charge in [-0.25, -0.2) is 4.98 Å². The molecule has 0 fully saturated rings.